The molecule has 10 heteroatoms. The molecule has 0 unspecified atom stereocenters. The van der Waals surface area contributed by atoms with Gasteiger partial charge in [0.15, 0.2) is 11.5 Å². The molecule has 3 aromatic heterocycles. The number of nitrogens with one attached hydrogen (secondary N) is 2. The molecule has 0 amide bonds. The average Bonchev–Trinajstić information content (AvgIpc) is 3.02. The number of alkyl halides is 3. The van der Waals surface area contributed by atoms with Crippen molar-refractivity contribution in [1.29, 1.82) is 0 Å². The number of halogens is 4. The number of fused-ring (bicyclic) bond motifs is 1. The molecule has 0 atom stereocenters. The van der Waals surface area contributed by atoms with Crippen molar-refractivity contribution in [1.82, 2.24) is 19.9 Å². The van der Waals surface area contributed by atoms with E-state index in [2.05, 4.69) is 25.3 Å². The lowest BCUT2D eigenvalue weighted by molar-refractivity contribution is -0.134. The minimum absolute atomic E-state index is 0.0280. The molecule has 0 saturated carbocycles. The molecule has 2 N–H and O–H groups in total. The van der Waals surface area contributed by atoms with Crippen LogP contribution in [-0.2, 0) is 12.7 Å². The summed E-state index contributed by atoms with van der Waals surface area (Å²) < 4.78 is 38.4. The van der Waals surface area contributed by atoms with Gasteiger partial charge in [-0.3, -0.25) is 0 Å². The molecule has 3 rings (SSSR count). The summed E-state index contributed by atoms with van der Waals surface area (Å²) in [5.41, 5.74) is 0.983. The average molecular weight is 334 g/mol. The smallest absolute Gasteiger partial charge is 0.364 e. The summed E-state index contributed by atoms with van der Waals surface area (Å²) >= 11 is 6.41. The summed E-state index contributed by atoms with van der Waals surface area (Å²) in [5, 5.41) is 4.20. The summed E-state index contributed by atoms with van der Waals surface area (Å²) in [7, 11) is 0. The van der Waals surface area contributed by atoms with Gasteiger partial charge in [0.25, 0.3) is 0 Å². The maximum Gasteiger partial charge on any atom is 0.425 e. The number of rotatable bonds is 3. The molecular formula is C11H7ClF3N5S. The number of aromatic nitrogens is 4. The fraction of sp³-hybridized carbons (Fsp3) is 0.182. The fourth-order valence-corrected chi connectivity index (χ4v) is 2.80. The van der Waals surface area contributed by atoms with E-state index in [1.54, 1.807) is 0 Å². The van der Waals surface area contributed by atoms with E-state index in [9.17, 15) is 13.2 Å². The largest absolute Gasteiger partial charge is 0.425 e. The van der Waals surface area contributed by atoms with E-state index in [1.165, 1.54) is 17.8 Å². The fourth-order valence-electron chi connectivity index (χ4n) is 1.84. The summed E-state index contributed by atoms with van der Waals surface area (Å²) in [4.78, 5) is 14.0. The standard InChI is InChI=1S/C11H7ClF3N5S/c12-10-19-8(6-9(20-10)18-4-17-6)16-3-5-1-2-21-7(5)11(13,14)15/h1-2,4H,3H2,(H2,16,17,18,19,20). The van der Waals surface area contributed by atoms with Crippen molar-refractivity contribution in [3.63, 3.8) is 0 Å². The monoisotopic (exact) mass is 333 g/mol. The number of H-pyrrole nitrogens is 1. The van der Waals surface area contributed by atoms with Gasteiger partial charge < -0.3 is 10.3 Å². The van der Waals surface area contributed by atoms with Gasteiger partial charge in [-0.2, -0.15) is 23.1 Å². The Morgan fingerprint density at radius 2 is 2.14 bits per heavy atom. The van der Waals surface area contributed by atoms with E-state index in [0.717, 1.165) is 0 Å². The van der Waals surface area contributed by atoms with Crippen LogP contribution >= 0.6 is 22.9 Å². The molecule has 21 heavy (non-hydrogen) atoms. The van der Waals surface area contributed by atoms with Crippen LogP contribution in [0.5, 0.6) is 0 Å². The Balaban J connectivity index is 1.87. The van der Waals surface area contributed by atoms with Crippen LogP contribution in [-0.4, -0.2) is 19.9 Å². The second-order valence-corrected chi connectivity index (χ2v) is 5.32. The number of anilines is 1. The minimum Gasteiger partial charge on any atom is -0.364 e. The van der Waals surface area contributed by atoms with Gasteiger partial charge in [0, 0.05) is 6.54 Å². The molecule has 0 aliphatic carbocycles. The normalized spacial score (nSPS) is 12.0. The van der Waals surface area contributed by atoms with Crippen molar-refractivity contribution in [3.8, 4) is 0 Å². The molecule has 0 radical (unpaired) electrons. The molecule has 3 aromatic rings. The van der Waals surface area contributed by atoms with Crippen LogP contribution in [0.3, 0.4) is 0 Å². The second-order valence-electron chi connectivity index (χ2n) is 4.07. The zero-order chi connectivity index (χ0) is 15.0. The minimum atomic E-state index is -4.36. The van der Waals surface area contributed by atoms with Gasteiger partial charge in [-0.25, -0.2) is 4.98 Å². The molecule has 0 aromatic carbocycles. The third-order valence-electron chi connectivity index (χ3n) is 2.71. The third kappa shape index (κ3) is 2.79. The maximum absolute atomic E-state index is 12.8. The molecule has 5 nitrogen and oxygen atoms in total. The van der Waals surface area contributed by atoms with Crippen molar-refractivity contribution in [3.05, 3.63) is 33.5 Å². The van der Waals surface area contributed by atoms with Crippen molar-refractivity contribution in [2.75, 3.05) is 5.32 Å². The maximum atomic E-state index is 12.8. The highest BCUT2D eigenvalue weighted by Gasteiger charge is 2.34. The third-order valence-corrected chi connectivity index (χ3v) is 3.88. The predicted octanol–water partition coefficient (Wildman–Crippen LogP) is 3.70. The lowest BCUT2D eigenvalue weighted by Crippen LogP contribution is -2.09. The van der Waals surface area contributed by atoms with E-state index in [0.29, 0.717) is 28.3 Å². The van der Waals surface area contributed by atoms with Gasteiger partial charge in [-0.15, -0.1) is 11.3 Å². The zero-order valence-corrected chi connectivity index (χ0v) is 11.8. The number of thiophene rings is 1. The number of hydrogen-bond acceptors (Lipinski definition) is 5. The summed E-state index contributed by atoms with van der Waals surface area (Å²) in [5.74, 6) is 0.307. The lowest BCUT2D eigenvalue weighted by Gasteiger charge is -2.09. The van der Waals surface area contributed by atoms with Crippen molar-refractivity contribution in [2.45, 2.75) is 12.7 Å². The van der Waals surface area contributed by atoms with Gasteiger partial charge in [0.05, 0.1) is 6.33 Å². The Bertz CT molecular complexity index is 782. The summed E-state index contributed by atoms with van der Waals surface area (Å²) in [6, 6.07) is 1.42. The van der Waals surface area contributed by atoms with Crippen LogP contribution in [0.2, 0.25) is 5.28 Å². The zero-order valence-electron chi connectivity index (χ0n) is 10.2. The highest BCUT2D eigenvalue weighted by molar-refractivity contribution is 7.10. The van der Waals surface area contributed by atoms with Gasteiger partial charge in [-0.05, 0) is 28.6 Å². The first kappa shape index (κ1) is 14.1. The lowest BCUT2D eigenvalue weighted by atomic mass is 10.2. The highest BCUT2D eigenvalue weighted by atomic mass is 35.5. The van der Waals surface area contributed by atoms with Crippen molar-refractivity contribution < 1.29 is 13.2 Å². The molecule has 0 saturated heterocycles. The van der Waals surface area contributed by atoms with Gasteiger partial charge in [0.2, 0.25) is 5.28 Å². The van der Waals surface area contributed by atoms with Crippen LogP contribution in [0, 0.1) is 0 Å². The Kier molecular flexibility index (Phi) is 3.46. The van der Waals surface area contributed by atoms with Gasteiger partial charge in [-0.1, -0.05) is 0 Å². The number of hydrogen-bond donors (Lipinski definition) is 2. The molecule has 3 heterocycles. The molecule has 0 aliphatic heterocycles. The topological polar surface area (TPSA) is 66.5 Å². The number of imidazole rings is 1. The molecule has 0 aliphatic rings. The SMILES string of the molecule is FC(F)(F)c1sccc1CNc1nc(Cl)nc2nc[nH]c12. The Morgan fingerprint density at radius 3 is 2.90 bits per heavy atom. The number of nitrogens with zero attached hydrogens (tertiary/aromatic N) is 3. The molecule has 0 spiro atoms. The second kappa shape index (κ2) is 5.15. The van der Waals surface area contributed by atoms with E-state index in [4.69, 9.17) is 11.6 Å². The molecule has 0 fully saturated rings. The predicted molar refractivity (Wildman–Crippen MR) is 73.3 cm³/mol. The van der Waals surface area contributed by atoms with Crippen LogP contribution in [0.1, 0.15) is 10.4 Å². The van der Waals surface area contributed by atoms with E-state index >= 15 is 0 Å². The van der Waals surface area contributed by atoms with Crippen LogP contribution in [0.4, 0.5) is 19.0 Å². The van der Waals surface area contributed by atoms with E-state index < -0.39 is 11.1 Å². The van der Waals surface area contributed by atoms with E-state index in [-0.39, 0.29) is 17.4 Å². The van der Waals surface area contributed by atoms with Crippen LogP contribution in [0.15, 0.2) is 17.8 Å². The van der Waals surface area contributed by atoms with Crippen LogP contribution < -0.4 is 5.32 Å². The molecule has 0 bridgehead atoms. The molecular weight excluding hydrogens is 327 g/mol. The van der Waals surface area contributed by atoms with Gasteiger partial charge >= 0.3 is 6.18 Å². The summed E-state index contributed by atoms with van der Waals surface area (Å²) in [6.45, 7) is -0.0280. The molecule has 110 valence electrons. The summed E-state index contributed by atoms with van der Waals surface area (Å²) in [6.07, 6.45) is -2.95. The Morgan fingerprint density at radius 1 is 1.33 bits per heavy atom. The number of aromatic amines is 1. The van der Waals surface area contributed by atoms with Gasteiger partial charge in [0.1, 0.15) is 10.4 Å². The van der Waals surface area contributed by atoms with Crippen LogP contribution in [0.25, 0.3) is 11.2 Å². The Labute approximate surface area is 125 Å². The highest BCUT2D eigenvalue weighted by Crippen LogP contribution is 2.36. The first-order chi connectivity index (χ1) is 9.95. The van der Waals surface area contributed by atoms with Crippen molar-refractivity contribution >= 4 is 39.9 Å². The quantitative estimate of drug-likeness (QED) is 0.717. The van der Waals surface area contributed by atoms with E-state index in [1.807, 2.05) is 0 Å². The first-order valence-electron chi connectivity index (χ1n) is 5.69. The first-order valence-corrected chi connectivity index (χ1v) is 6.95. The Hall–Kier alpha value is -1.87. The van der Waals surface area contributed by atoms with Crippen molar-refractivity contribution in [2.24, 2.45) is 0 Å².